The smallest absolute Gasteiger partial charge is 0.261 e. The second-order valence-corrected chi connectivity index (χ2v) is 6.44. The van der Waals surface area contributed by atoms with E-state index in [9.17, 15) is 14.4 Å². The van der Waals surface area contributed by atoms with E-state index in [4.69, 9.17) is 0 Å². The topological polar surface area (TPSA) is 57.7 Å². The first kappa shape index (κ1) is 15.6. The number of carbonyl (C=O) groups is 3. The maximum Gasteiger partial charge on any atom is 0.261 e. The molecule has 0 aromatic heterocycles. The van der Waals surface area contributed by atoms with Crippen molar-refractivity contribution in [2.45, 2.75) is 19.4 Å². The Bertz CT molecular complexity index is 855. The molecule has 25 heavy (non-hydrogen) atoms. The van der Waals surface area contributed by atoms with Gasteiger partial charge in [-0.3, -0.25) is 19.3 Å². The molecule has 0 radical (unpaired) electrons. The van der Waals surface area contributed by atoms with Crippen molar-refractivity contribution in [3.8, 4) is 0 Å². The van der Waals surface area contributed by atoms with Crippen molar-refractivity contribution in [3.63, 3.8) is 0 Å². The number of nitrogens with zero attached hydrogens (tertiary/aromatic N) is 2. The summed E-state index contributed by atoms with van der Waals surface area (Å²) in [5, 5.41) is 0. The molecular formula is C20H18N2O3. The summed E-state index contributed by atoms with van der Waals surface area (Å²) in [6, 6.07) is 14.5. The second kappa shape index (κ2) is 5.84. The highest BCUT2D eigenvalue weighted by Gasteiger charge is 2.39. The summed E-state index contributed by atoms with van der Waals surface area (Å²) in [6.07, 6.45) is 0.786. The van der Waals surface area contributed by atoms with Gasteiger partial charge in [0, 0.05) is 13.5 Å². The zero-order valence-electron chi connectivity index (χ0n) is 13.9. The summed E-state index contributed by atoms with van der Waals surface area (Å²) in [4.78, 5) is 40.5. The Kier molecular flexibility index (Phi) is 3.64. The molecule has 2 aromatic carbocycles. The summed E-state index contributed by atoms with van der Waals surface area (Å²) >= 11 is 0. The Balaban J connectivity index is 1.71. The van der Waals surface area contributed by atoms with Crippen LogP contribution in [0.25, 0.3) is 0 Å². The number of fused-ring (bicyclic) bond motifs is 2. The maximum absolute atomic E-state index is 12.7. The molecule has 0 bridgehead atoms. The number of hydrogen-bond donors (Lipinski definition) is 0. The van der Waals surface area contributed by atoms with E-state index in [1.54, 1.807) is 29.2 Å². The molecular weight excluding hydrogens is 316 g/mol. The Morgan fingerprint density at radius 2 is 1.60 bits per heavy atom. The molecule has 4 rings (SSSR count). The van der Waals surface area contributed by atoms with Gasteiger partial charge in [-0.2, -0.15) is 0 Å². The van der Waals surface area contributed by atoms with Gasteiger partial charge in [0.25, 0.3) is 11.8 Å². The van der Waals surface area contributed by atoms with Crippen LogP contribution in [0.5, 0.6) is 0 Å². The normalized spacial score (nSPS) is 19.0. The van der Waals surface area contributed by atoms with Crippen molar-refractivity contribution in [2.24, 2.45) is 0 Å². The van der Waals surface area contributed by atoms with Gasteiger partial charge in [-0.25, -0.2) is 0 Å². The molecule has 5 heteroatoms. The number of carbonyl (C=O) groups excluding carboxylic acids is 3. The monoisotopic (exact) mass is 334 g/mol. The third-order valence-corrected chi connectivity index (χ3v) is 5.05. The Morgan fingerprint density at radius 1 is 1.00 bits per heavy atom. The molecule has 5 nitrogen and oxygen atoms in total. The Labute approximate surface area is 145 Å². The van der Waals surface area contributed by atoms with E-state index in [0.717, 1.165) is 12.0 Å². The van der Waals surface area contributed by atoms with Crippen molar-refractivity contribution in [1.82, 2.24) is 9.80 Å². The van der Waals surface area contributed by atoms with Crippen LogP contribution in [0.1, 0.15) is 44.8 Å². The largest absolute Gasteiger partial charge is 0.334 e. The number of amides is 3. The number of imide groups is 1. The lowest BCUT2D eigenvalue weighted by atomic mass is 9.92. The Morgan fingerprint density at radius 3 is 2.24 bits per heavy atom. The highest BCUT2D eigenvalue weighted by Crippen LogP contribution is 2.33. The zero-order chi connectivity index (χ0) is 17.6. The van der Waals surface area contributed by atoms with Crippen LogP contribution in [0.2, 0.25) is 0 Å². The van der Waals surface area contributed by atoms with Crippen molar-refractivity contribution < 1.29 is 14.4 Å². The van der Waals surface area contributed by atoms with Crippen LogP contribution < -0.4 is 0 Å². The predicted molar refractivity (Wildman–Crippen MR) is 92.1 cm³/mol. The Hall–Kier alpha value is -2.95. The van der Waals surface area contributed by atoms with Gasteiger partial charge in [-0.05, 0) is 29.7 Å². The van der Waals surface area contributed by atoms with E-state index < -0.39 is 0 Å². The third kappa shape index (κ3) is 2.43. The van der Waals surface area contributed by atoms with Gasteiger partial charge in [0.1, 0.15) is 0 Å². The first-order valence-electron chi connectivity index (χ1n) is 8.38. The predicted octanol–water partition coefficient (Wildman–Crippen LogP) is 2.43. The molecule has 0 spiro atoms. The quantitative estimate of drug-likeness (QED) is 0.793. The second-order valence-electron chi connectivity index (χ2n) is 6.44. The van der Waals surface area contributed by atoms with Crippen LogP contribution in [0.3, 0.4) is 0 Å². The molecule has 2 heterocycles. The fraction of sp³-hybridized carbons (Fsp3) is 0.250. The van der Waals surface area contributed by atoms with Crippen LogP contribution >= 0.6 is 0 Å². The highest BCUT2D eigenvalue weighted by molar-refractivity contribution is 6.21. The summed E-state index contributed by atoms with van der Waals surface area (Å²) < 4.78 is 0. The molecule has 2 aromatic rings. The molecule has 2 aliphatic heterocycles. The average Bonchev–Trinajstić information content (AvgIpc) is 2.87. The number of benzene rings is 2. The first-order valence-corrected chi connectivity index (χ1v) is 8.38. The van der Waals surface area contributed by atoms with Crippen LogP contribution in [0.4, 0.5) is 0 Å². The van der Waals surface area contributed by atoms with E-state index in [2.05, 4.69) is 0 Å². The van der Waals surface area contributed by atoms with Gasteiger partial charge in [0.2, 0.25) is 5.91 Å². The maximum atomic E-state index is 12.7. The van der Waals surface area contributed by atoms with Gasteiger partial charge in [0.05, 0.1) is 23.7 Å². The van der Waals surface area contributed by atoms with Crippen LogP contribution in [-0.2, 0) is 11.2 Å². The van der Waals surface area contributed by atoms with Crippen LogP contribution in [0, 0.1) is 0 Å². The molecule has 0 saturated carbocycles. The highest BCUT2D eigenvalue weighted by atomic mass is 16.2. The lowest BCUT2D eigenvalue weighted by molar-refractivity contribution is -0.132. The molecule has 1 atom stereocenters. The fourth-order valence-corrected chi connectivity index (χ4v) is 3.80. The first-order chi connectivity index (χ1) is 12.1. The van der Waals surface area contributed by atoms with E-state index in [0.29, 0.717) is 17.7 Å². The zero-order valence-corrected chi connectivity index (χ0v) is 13.9. The molecule has 2 aliphatic rings. The minimum Gasteiger partial charge on any atom is -0.334 e. The third-order valence-electron chi connectivity index (χ3n) is 5.05. The average molecular weight is 334 g/mol. The van der Waals surface area contributed by atoms with Gasteiger partial charge in [0.15, 0.2) is 0 Å². The van der Waals surface area contributed by atoms with E-state index in [-0.39, 0.29) is 30.3 Å². The van der Waals surface area contributed by atoms with Crippen molar-refractivity contribution in [3.05, 3.63) is 70.8 Å². The SMILES string of the molecule is CC(=O)N1CCc2ccccc2[C@@H]1CN1C(=O)c2ccccc2C1=O. The van der Waals surface area contributed by atoms with Crippen LogP contribution in [-0.4, -0.2) is 40.6 Å². The van der Waals surface area contributed by atoms with E-state index in [1.807, 2.05) is 24.3 Å². The molecule has 0 unspecified atom stereocenters. The van der Waals surface area contributed by atoms with Gasteiger partial charge in [-0.15, -0.1) is 0 Å². The summed E-state index contributed by atoms with van der Waals surface area (Å²) in [7, 11) is 0. The van der Waals surface area contributed by atoms with Gasteiger partial charge < -0.3 is 4.90 Å². The number of rotatable bonds is 2. The molecule has 126 valence electrons. The van der Waals surface area contributed by atoms with Crippen molar-refractivity contribution in [1.29, 1.82) is 0 Å². The minimum atomic E-state index is -0.301. The lowest BCUT2D eigenvalue weighted by Gasteiger charge is -2.38. The lowest BCUT2D eigenvalue weighted by Crippen LogP contribution is -2.45. The summed E-state index contributed by atoms with van der Waals surface area (Å²) in [5.74, 6) is -0.615. The van der Waals surface area contributed by atoms with Gasteiger partial charge >= 0.3 is 0 Å². The standard InChI is InChI=1S/C20H18N2O3/c1-13(23)21-11-10-14-6-2-3-7-15(14)18(21)12-22-19(24)16-8-4-5-9-17(16)20(22)25/h2-9,18H,10-12H2,1H3/t18-/m0/s1. The minimum absolute atomic E-state index is 0.0453. The van der Waals surface area contributed by atoms with Gasteiger partial charge in [-0.1, -0.05) is 36.4 Å². The molecule has 3 amide bonds. The molecule has 0 N–H and O–H groups in total. The fourth-order valence-electron chi connectivity index (χ4n) is 3.80. The number of hydrogen-bond acceptors (Lipinski definition) is 3. The molecule has 0 saturated heterocycles. The summed E-state index contributed by atoms with van der Waals surface area (Å²) in [6.45, 7) is 2.31. The van der Waals surface area contributed by atoms with Crippen molar-refractivity contribution in [2.75, 3.05) is 13.1 Å². The van der Waals surface area contributed by atoms with E-state index >= 15 is 0 Å². The molecule has 0 fully saturated rings. The van der Waals surface area contributed by atoms with Crippen LogP contribution in [0.15, 0.2) is 48.5 Å². The molecule has 0 aliphatic carbocycles. The van der Waals surface area contributed by atoms with E-state index in [1.165, 1.54) is 17.4 Å². The van der Waals surface area contributed by atoms with Crippen molar-refractivity contribution >= 4 is 17.7 Å². The summed E-state index contributed by atoms with van der Waals surface area (Å²) in [5.41, 5.74) is 3.05.